The number of esters is 1. The Morgan fingerprint density at radius 1 is 1.00 bits per heavy atom. The van der Waals surface area contributed by atoms with E-state index in [1.54, 1.807) is 72.0 Å². The molecule has 21 atom stereocenters. The third kappa shape index (κ3) is 14.0. The van der Waals surface area contributed by atoms with Crippen LogP contribution in [0, 0.1) is 23.7 Å². The van der Waals surface area contributed by atoms with Crippen LogP contribution in [0.15, 0.2) is 35.4 Å². The fourth-order valence-corrected chi connectivity index (χ4v) is 12.8. The van der Waals surface area contributed by atoms with Crippen LogP contribution >= 0.6 is 0 Å². The highest BCUT2D eigenvalue weighted by Crippen LogP contribution is 2.45. The molecule has 0 bridgehead atoms. The Bertz CT molecular complexity index is 2020. The first kappa shape index (κ1) is 61.4. The normalized spacial score (nSPS) is 40.1. The Labute approximate surface area is 436 Å². The molecule has 0 saturated carbocycles. The predicted molar refractivity (Wildman–Crippen MR) is 274 cm³/mol. The van der Waals surface area contributed by atoms with E-state index in [4.69, 9.17) is 28.4 Å². The Morgan fingerprint density at radius 2 is 1.66 bits per heavy atom. The molecule has 3 saturated heterocycles. The van der Waals surface area contributed by atoms with Gasteiger partial charge >= 0.3 is 5.97 Å². The summed E-state index contributed by atoms with van der Waals surface area (Å²) in [5.74, 6) is -2.79. The second-order valence-corrected chi connectivity index (χ2v) is 24.0. The second kappa shape index (κ2) is 25.8. The molecule has 2 unspecified atom stereocenters. The first-order valence-corrected chi connectivity index (χ1v) is 27.6. The van der Waals surface area contributed by atoms with Gasteiger partial charge in [0.05, 0.1) is 47.2 Å². The topological polar surface area (TPSA) is 234 Å². The number of hydrogen-bond donors (Lipinski definition) is 5. The lowest BCUT2D eigenvalue weighted by atomic mass is 9.68. The van der Waals surface area contributed by atoms with Gasteiger partial charge in [0.2, 0.25) is 0 Å². The van der Waals surface area contributed by atoms with E-state index in [2.05, 4.69) is 10.3 Å². The maximum absolute atomic E-state index is 14.8. The van der Waals surface area contributed by atoms with Crippen LogP contribution in [0.2, 0.25) is 0 Å². The highest BCUT2D eigenvalue weighted by molar-refractivity contribution is 7.91. The van der Waals surface area contributed by atoms with Gasteiger partial charge in [-0.25, -0.2) is 9.07 Å². The molecule has 0 aliphatic carbocycles. The number of hydrogen-bond acceptors (Lipinski definition) is 17. The molecular weight excluding hydrogens is 966 g/mol. The zero-order valence-electron chi connectivity index (χ0n) is 46.1. The monoisotopic (exact) mass is 1060 g/mol. The quantitative estimate of drug-likeness (QED) is 0.116. The molecule has 1 aromatic heterocycles. The van der Waals surface area contributed by atoms with Crippen LogP contribution in [0.25, 0.3) is 0 Å². The van der Waals surface area contributed by atoms with Crippen molar-refractivity contribution in [2.45, 2.75) is 209 Å². The Balaban J connectivity index is 1.45. The van der Waals surface area contributed by atoms with E-state index < -0.39 is 138 Å². The molecule has 5 N–H and O–H groups in total. The maximum Gasteiger partial charge on any atom is 0.309 e. The van der Waals surface area contributed by atoms with Gasteiger partial charge < -0.3 is 68.3 Å². The minimum atomic E-state index is -1.83. The van der Waals surface area contributed by atoms with Gasteiger partial charge in [-0.1, -0.05) is 45.0 Å². The molecule has 0 amide bonds. The number of rotatable bonds is 16. The summed E-state index contributed by atoms with van der Waals surface area (Å²) < 4.78 is 66.6. The van der Waals surface area contributed by atoms with Gasteiger partial charge in [-0.3, -0.25) is 4.79 Å². The number of aliphatic hydroxyl groups is 5. The highest BCUT2D eigenvalue weighted by Gasteiger charge is 2.55. The summed E-state index contributed by atoms with van der Waals surface area (Å²) in [6.07, 6.45) is -6.38. The number of methoxy groups -OCH3 is 2. The number of likely N-dealkylation sites (N-methyl/N-ethyl adjacent to an activating group) is 2. The van der Waals surface area contributed by atoms with Crippen LogP contribution in [0.1, 0.15) is 125 Å². The van der Waals surface area contributed by atoms with E-state index in [0.29, 0.717) is 47.8 Å². The van der Waals surface area contributed by atoms with Crippen molar-refractivity contribution in [3.05, 3.63) is 41.7 Å². The first-order chi connectivity index (χ1) is 34.2. The number of aromatic nitrogens is 3. The fourth-order valence-electron chi connectivity index (χ4n) is 12.0. The highest BCUT2D eigenvalue weighted by atomic mass is 32.2. The number of halogens is 1. The molecule has 4 heterocycles. The van der Waals surface area contributed by atoms with E-state index >= 15 is 0 Å². The number of carbonyl (C=O) groups is 1. The first-order valence-electron chi connectivity index (χ1n) is 26.3. The molecule has 2 aromatic rings. The van der Waals surface area contributed by atoms with Gasteiger partial charge in [-0.2, -0.15) is 0 Å². The number of benzene rings is 1. The molecule has 5 rings (SSSR count). The fraction of sp³-hybridized carbons (Fsp3) is 0.830. The smallest absolute Gasteiger partial charge is 0.309 e. The molecule has 3 aliphatic rings. The van der Waals surface area contributed by atoms with Gasteiger partial charge in [-0.05, 0) is 123 Å². The number of alkyl halides is 1. The minimum Gasteiger partial charge on any atom is -0.611 e. The van der Waals surface area contributed by atoms with Gasteiger partial charge in [-0.15, -0.1) is 5.10 Å². The van der Waals surface area contributed by atoms with E-state index in [0.717, 1.165) is 0 Å². The molecule has 3 aliphatic heterocycles. The summed E-state index contributed by atoms with van der Waals surface area (Å²) in [4.78, 5) is 19.2. The van der Waals surface area contributed by atoms with E-state index in [1.807, 2.05) is 51.6 Å². The van der Waals surface area contributed by atoms with Crippen molar-refractivity contribution in [2.75, 3.05) is 53.8 Å². The lowest BCUT2D eigenvalue weighted by molar-refractivity contribution is -0.302. The molecule has 1 aromatic carbocycles. The van der Waals surface area contributed by atoms with Crippen molar-refractivity contribution in [3.8, 4) is 0 Å². The van der Waals surface area contributed by atoms with E-state index in [-0.39, 0.29) is 25.2 Å². The Hall–Kier alpha value is -2.41. The van der Waals surface area contributed by atoms with Crippen LogP contribution in [0.4, 0.5) is 4.39 Å². The van der Waals surface area contributed by atoms with Crippen molar-refractivity contribution in [1.82, 2.24) is 24.8 Å². The van der Waals surface area contributed by atoms with E-state index in [9.17, 15) is 39.3 Å². The molecule has 18 nitrogen and oxygen atoms in total. The van der Waals surface area contributed by atoms with Gasteiger partial charge in [0.1, 0.15) is 54.6 Å². The largest absolute Gasteiger partial charge is 0.611 e. The summed E-state index contributed by atoms with van der Waals surface area (Å²) >= 11 is -1.13. The zero-order chi connectivity index (χ0) is 54.5. The predicted octanol–water partition coefficient (Wildman–Crippen LogP) is 4.40. The lowest BCUT2D eigenvalue weighted by Crippen LogP contribution is -2.62. The van der Waals surface area contributed by atoms with Crippen molar-refractivity contribution in [3.63, 3.8) is 0 Å². The summed E-state index contributed by atoms with van der Waals surface area (Å²) in [5.41, 5.74) is -3.22. The number of cyclic esters (lactones) is 1. The third-order valence-corrected chi connectivity index (χ3v) is 17.9. The summed E-state index contributed by atoms with van der Waals surface area (Å²) in [7, 11) is 6.75. The van der Waals surface area contributed by atoms with Crippen molar-refractivity contribution < 1.29 is 67.7 Å². The van der Waals surface area contributed by atoms with Crippen molar-refractivity contribution in [1.29, 1.82) is 0 Å². The molecule has 73 heavy (non-hydrogen) atoms. The Morgan fingerprint density at radius 3 is 2.25 bits per heavy atom. The maximum atomic E-state index is 14.8. The molecule has 418 valence electrons. The summed E-state index contributed by atoms with van der Waals surface area (Å²) in [6, 6.07) is 5.23. The second-order valence-electron chi connectivity index (χ2n) is 22.3. The van der Waals surface area contributed by atoms with Gasteiger partial charge in [0.15, 0.2) is 11.2 Å². The summed E-state index contributed by atoms with van der Waals surface area (Å²) in [6.45, 7) is 19.7. The van der Waals surface area contributed by atoms with Crippen LogP contribution in [-0.2, 0) is 50.8 Å². The Kier molecular flexibility index (Phi) is 21.7. The summed E-state index contributed by atoms with van der Waals surface area (Å²) in [5, 5.41) is 68.9. The standard InChI is InChI=1S/C53H90FN5O13S/c1-16-42-53(11,65)46(61)34(7)58(13)28-30(3)25-51(9,64)48(32(5)43(33(6)49(63)71-42)41-26-52(10,68-15)47(62)35(8)70-41)72-50-44(60)39(24-31(4)69-50)57(12)23-22-37-29-59(56-55-37)40(27-54)45(67-14)36-18-20-38(21-19-36)73(66)17-2/h18-21,29-35,39-48,50,60-62,64-65H,16-17,22-28H2,1-15H3/t30-,31-,32+,33-,34-,35+,39+,40-,41?,42-,43+,44-,45-,46-,47+,48-,50+,51-,52-,53-,73?/m1/s1. The number of carbonyl (C=O) groups excluding carboxylic acids is 1. The SMILES string of the molecule is CC[C@H]1OC(=O)[C@H](C)[C@@H](C2C[C@@](C)(OC)[C@@H](O)[C@H](C)O2)[C@H](C)[C@@H](O[C@@H]2O[C@H](C)C[C@H](N(C)CCc3cn([C@H](CF)[C@H](OC)c4ccc([S+]([O-])CC)cc4)nn3)[C@H]2O)[C@](C)(O)C[C@@H](C)CN(C)[C@H](C)[C@@H](O)[C@]1(C)O. The number of aliphatic hydroxyl groups excluding tert-OH is 3. The molecule has 3 fully saturated rings. The van der Waals surface area contributed by atoms with Crippen molar-refractivity contribution in [2.24, 2.45) is 23.7 Å². The van der Waals surface area contributed by atoms with Gasteiger partial charge in [0, 0.05) is 64.3 Å². The van der Waals surface area contributed by atoms with E-state index in [1.165, 1.54) is 25.8 Å². The van der Waals surface area contributed by atoms with Gasteiger partial charge in [0.25, 0.3) is 0 Å². The number of ether oxygens (including phenoxy) is 6. The van der Waals surface area contributed by atoms with Crippen molar-refractivity contribution >= 4 is 17.1 Å². The molecular formula is C53H90FN5O13S. The van der Waals surface area contributed by atoms with Crippen LogP contribution in [0.3, 0.4) is 0 Å². The zero-order valence-corrected chi connectivity index (χ0v) is 46.9. The number of nitrogens with zero attached hydrogens (tertiary/aromatic N) is 5. The molecule has 0 spiro atoms. The van der Waals surface area contributed by atoms with Crippen LogP contribution in [-0.4, -0.2) is 199 Å². The van der Waals surface area contributed by atoms with Crippen LogP contribution < -0.4 is 0 Å². The van der Waals surface area contributed by atoms with Crippen LogP contribution in [0.5, 0.6) is 0 Å². The molecule has 20 heteroatoms. The lowest BCUT2D eigenvalue weighted by Gasteiger charge is -2.51. The average Bonchev–Trinajstić information content (AvgIpc) is 3.82. The minimum absolute atomic E-state index is 0.168. The molecule has 0 radical (unpaired) electrons. The average molecular weight is 1060 g/mol. The third-order valence-electron chi connectivity index (χ3n) is 16.6.